The second-order valence-electron chi connectivity index (χ2n) is 8.84. The molecule has 1 N–H and O–H groups in total. The highest BCUT2D eigenvalue weighted by atomic mass is 35.5. The number of carbonyl (C=O) groups excluding carboxylic acids is 2. The van der Waals surface area contributed by atoms with E-state index in [1.807, 2.05) is 24.3 Å². The standard InChI is InChI=1S/C25H27Cl2NO4/c1-25(2,3)17-9-6-15(7-10-17)21-20(22(29)16-8-11-18(26)19(27)14-16)23(30)24(31)28(21)12-5-13-32-4/h6-11,14,21,29H,5,12-13H2,1-4H3/b22-20-. The first kappa shape index (κ1) is 24.3. The van der Waals surface area contributed by atoms with Crippen LogP contribution in [0.25, 0.3) is 5.76 Å². The number of hydrogen-bond acceptors (Lipinski definition) is 4. The highest BCUT2D eigenvalue weighted by Gasteiger charge is 2.45. The summed E-state index contributed by atoms with van der Waals surface area (Å²) in [5.41, 5.74) is 2.19. The van der Waals surface area contributed by atoms with Gasteiger partial charge in [0, 0.05) is 25.8 Å². The second kappa shape index (κ2) is 9.65. The van der Waals surface area contributed by atoms with Crippen molar-refractivity contribution in [2.45, 2.75) is 38.6 Å². The molecular weight excluding hydrogens is 449 g/mol. The monoisotopic (exact) mass is 475 g/mol. The molecule has 1 unspecified atom stereocenters. The van der Waals surface area contributed by atoms with Crippen molar-refractivity contribution in [3.63, 3.8) is 0 Å². The predicted octanol–water partition coefficient (Wildman–Crippen LogP) is 5.75. The third-order valence-electron chi connectivity index (χ3n) is 5.57. The van der Waals surface area contributed by atoms with Gasteiger partial charge in [-0.1, -0.05) is 68.2 Å². The summed E-state index contributed by atoms with van der Waals surface area (Å²) in [5.74, 6) is -1.65. The number of aliphatic hydroxyl groups is 1. The van der Waals surface area contributed by atoms with Gasteiger partial charge in [-0.05, 0) is 41.2 Å². The number of aliphatic hydroxyl groups excluding tert-OH is 1. The van der Waals surface area contributed by atoms with Gasteiger partial charge in [-0.25, -0.2) is 0 Å². The number of rotatable bonds is 6. The Hall–Kier alpha value is -2.34. The number of carbonyl (C=O) groups is 2. The molecule has 1 heterocycles. The van der Waals surface area contributed by atoms with Crippen molar-refractivity contribution in [2.75, 3.05) is 20.3 Å². The van der Waals surface area contributed by atoms with E-state index in [-0.39, 0.29) is 21.8 Å². The summed E-state index contributed by atoms with van der Waals surface area (Å²) in [7, 11) is 1.58. The van der Waals surface area contributed by atoms with Gasteiger partial charge < -0.3 is 14.7 Å². The molecule has 1 atom stereocenters. The first-order valence-electron chi connectivity index (χ1n) is 10.4. The summed E-state index contributed by atoms with van der Waals surface area (Å²) in [6.07, 6.45) is 0.562. The number of amides is 1. The average molecular weight is 476 g/mol. The number of benzene rings is 2. The average Bonchev–Trinajstić information content (AvgIpc) is 3.00. The maximum Gasteiger partial charge on any atom is 0.295 e. The number of hydrogen-bond donors (Lipinski definition) is 1. The van der Waals surface area contributed by atoms with Crippen LogP contribution in [-0.2, 0) is 19.7 Å². The summed E-state index contributed by atoms with van der Waals surface area (Å²) < 4.78 is 5.11. The maximum atomic E-state index is 13.0. The van der Waals surface area contributed by atoms with Gasteiger partial charge in [0.25, 0.3) is 11.7 Å². The fourth-order valence-corrected chi connectivity index (χ4v) is 4.10. The number of ketones is 1. The summed E-state index contributed by atoms with van der Waals surface area (Å²) in [6, 6.07) is 11.7. The molecule has 3 rings (SSSR count). The summed E-state index contributed by atoms with van der Waals surface area (Å²) >= 11 is 12.1. The molecule has 1 saturated heterocycles. The lowest BCUT2D eigenvalue weighted by atomic mass is 9.85. The Kier molecular flexibility index (Phi) is 7.33. The van der Waals surface area contributed by atoms with Crippen LogP contribution < -0.4 is 0 Å². The quantitative estimate of drug-likeness (QED) is 0.250. The summed E-state index contributed by atoms with van der Waals surface area (Å²) in [5, 5.41) is 11.7. The molecule has 1 aliphatic heterocycles. The molecule has 2 aromatic carbocycles. The van der Waals surface area contributed by atoms with Crippen LogP contribution in [0.3, 0.4) is 0 Å². The molecule has 0 radical (unpaired) electrons. The Morgan fingerprint density at radius 1 is 1.06 bits per heavy atom. The van der Waals surface area contributed by atoms with Crippen LogP contribution in [0.1, 0.15) is 49.9 Å². The highest BCUT2D eigenvalue weighted by Crippen LogP contribution is 2.40. The topological polar surface area (TPSA) is 66.8 Å². The molecule has 170 valence electrons. The molecule has 7 heteroatoms. The fraction of sp³-hybridized carbons (Fsp3) is 0.360. The maximum absolute atomic E-state index is 13.0. The minimum atomic E-state index is -0.726. The van der Waals surface area contributed by atoms with Crippen LogP contribution in [0, 0.1) is 0 Å². The largest absolute Gasteiger partial charge is 0.507 e. The molecule has 5 nitrogen and oxygen atoms in total. The predicted molar refractivity (Wildman–Crippen MR) is 127 cm³/mol. The van der Waals surface area contributed by atoms with Gasteiger partial charge in [-0.15, -0.1) is 0 Å². The van der Waals surface area contributed by atoms with Crippen molar-refractivity contribution in [3.05, 3.63) is 74.8 Å². The van der Waals surface area contributed by atoms with E-state index in [0.29, 0.717) is 30.2 Å². The Bertz CT molecular complexity index is 1050. The van der Waals surface area contributed by atoms with Gasteiger partial charge in [0.15, 0.2) is 0 Å². The summed E-state index contributed by atoms with van der Waals surface area (Å²) in [4.78, 5) is 27.4. The highest BCUT2D eigenvalue weighted by molar-refractivity contribution is 6.46. The van der Waals surface area contributed by atoms with E-state index in [1.165, 1.54) is 11.0 Å². The lowest BCUT2D eigenvalue weighted by Crippen LogP contribution is -2.31. The van der Waals surface area contributed by atoms with Gasteiger partial charge in [0.05, 0.1) is 21.7 Å². The minimum absolute atomic E-state index is 0.0364. The van der Waals surface area contributed by atoms with Gasteiger partial charge in [-0.2, -0.15) is 0 Å². The van der Waals surface area contributed by atoms with E-state index >= 15 is 0 Å². The minimum Gasteiger partial charge on any atom is -0.507 e. The molecule has 0 saturated carbocycles. The van der Waals surface area contributed by atoms with Crippen molar-refractivity contribution in [2.24, 2.45) is 0 Å². The van der Waals surface area contributed by atoms with Crippen molar-refractivity contribution in [1.82, 2.24) is 4.90 Å². The molecular formula is C25H27Cl2NO4. The smallest absolute Gasteiger partial charge is 0.295 e. The van der Waals surface area contributed by atoms with Crippen LogP contribution >= 0.6 is 23.2 Å². The zero-order valence-electron chi connectivity index (χ0n) is 18.6. The fourth-order valence-electron chi connectivity index (χ4n) is 3.80. The molecule has 0 aliphatic carbocycles. The summed E-state index contributed by atoms with van der Waals surface area (Å²) in [6.45, 7) is 7.11. The number of Topliss-reactive ketones (excluding diaryl/α,β-unsaturated/α-hetero) is 1. The molecule has 1 amide bonds. The Balaban J connectivity index is 2.13. The van der Waals surface area contributed by atoms with Crippen molar-refractivity contribution in [1.29, 1.82) is 0 Å². The van der Waals surface area contributed by atoms with Crippen molar-refractivity contribution in [3.8, 4) is 0 Å². The van der Waals surface area contributed by atoms with Crippen LogP contribution in [0.15, 0.2) is 48.0 Å². The van der Waals surface area contributed by atoms with E-state index in [2.05, 4.69) is 20.8 Å². The molecule has 1 fully saturated rings. The van der Waals surface area contributed by atoms with E-state index in [1.54, 1.807) is 19.2 Å². The Labute approximate surface area is 198 Å². The zero-order valence-corrected chi connectivity index (χ0v) is 20.1. The van der Waals surface area contributed by atoms with E-state index in [9.17, 15) is 14.7 Å². The van der Waals surface area contributed by atoms with E-state index < -0.39 is 17.7 Å². The molecule has 32 heavy (non-hydrogen) atoms. The lowest BCUT2D eigenvalue weighted by molar-refractivity contribution is -0.140. The van der Waals surface area contributed by atoms with Gasteiger partial charge >= 0.3 is 0 Å². The van der Waals surface area contributed by atoms with Gasteiger partial charge in [0.1, 0.15) is 5.76 Å². The van der Waals surface area contributed by atoms with E-state index in [0.717, 1.165) is 11.1 Å². The van der Waals surface area contributed by atoms with Crippen LogP contribution in [0.5, 0.6) is 0 Å². The van der Waals surface area contributed by atoms with Crippen LogP contribution in [0.2, 0.25) is 10.0 Å². The van der Waals surface area contributed by atoms with Crippen LogP contribution in [0.4, 0.5) is 0 Å². The number of halogens is 2. The third-order valence-corrected chi connectivity index (χ3v) is 6.31. The number of methoxy groups -OCH3 is 1. The Morgan fingerprint density at radius 3 is 2.28 bits per heavy atom. The molecule has 0 aromatic heterocycles. The normalized spacial score (nSPS) is 18.4. The van der Waals surface area contributed by atoms with Crippen molar-refractivity contribution >= 4 is 40.7 Å². The number of nitrogens with zero attached hydrogens (tertiary/aromatic N) is 1. The molecule has 2 aromatic rings. The van der Waals surface area contributed by atoms with Gasteiger partial charge in [0.2, 0.25) is 0 Å². The lowest BCUT2D eigenvalue weighted by Gasteiger charge is -2.26. The molecule has 1 aliphatic rings. The molecule has 0 bridgehead atoms. The zero-order chi connectivity index (χ0) is 23.6. The van der Waals surface area contributed by atoms with E-state index in [4.69, 9.17) is 27.9 Å². The van der Waals surface area contributed by atoms with Crippen molar-refractivity contribution < 1.29 is 19.4 Å². The SMILES string of the molecule is COCCCN1C(=O)C(=O)/C(=C(\O)c2ccc(Cl)c(Cl)c2)C1c1ccc(C(C)(C)C)cc1. The number of likely N-dealkylation sites (tertiary alicyclic amines) is 1. The molecule has 0 spiro atoms. The first-order chi connectivity index (χ1) is 15.1. The third kappa shape index (κ3) is 4.85. The first-order valence-corrected chi connectivity index (χ1v) is 11.1. The Morgan fingerprint density at radius 2 is 1.72 bits per heavy atom. The number of ether oxygens (including phenoxy) is 1. The van der Waals surface area contributed by atoms with Gasteiger partial charge in [-0.3, -0.25) is 9.59 Å². The second-order valence-corrected chi connectivity index (χ2v) is 9.65. The van der Waals surface area contributed by atoms with Crippen LogP contribution in [-0.4, -0.2) is 42.0 Å².